The Morgan fingerprint density at radius 3 is 1.27 bits per heavy atom. The van der Waals surface area contributed by atoms with E-state index in [1.165, 1.54) is 92.8 Å². The molecular formula is C58H35NO. The largest absolute Gasteiger partial charge is 0.455 e. The fourth-order valence-corrected chi connectivity index (χ4v) is 10.3. The molecule has 0 saturated heterocycles. The van der Waals surface area contributed by atoms with Crippen LogP contribution in [0.4, 0.5) is 0 Å². The molecule has 0 amide bonds. The van der Waals surface area contributed by atoms with Crippen LogP contribution in [0.1, 0.15) is 0 Å². The first-order chi connectivity index (χ1) is 29.8. The van der Waals surface area contributed by atoms with Crippen molar-refractivity contribution in [2.24, 2.45) is 0 Å². The average molecular weight is 762 g/mol. The van der Waals surface area contributed by atoms with Crippen LogP contribution >= 0.6 is 0 Å². The third-order valence-electron chi connectivity index (χ3n) is 12.8. The van der Waals surface area contributed by atoms with Crippen molar-refractivity contribution < 1.29 is 4.42 Å². The Morgan fingerprint density at radius 1 is 0.283 bits per heavy atom. The summed E-state index contributed by atoms with van der Waals surface area (Å²) in [4.78, 5) is 0. The van der Waals surface area contributed by atoms with Gasteiger partial charge in [0, 0.05) is 43.4 Å². The predicted molar refractivity (Wildman–Crippen MR) is 254 cm³/mol. The lowest BCUT2D eigenvalue weighted by Gasteiger charge is -2.19. The second-order valence-electron chi connectivity index (χ2n) is 15.9. The minimum absolute atomic E-state index is 0.880. The van der Waals surface area contributed by atoms with Gasteiger partial charge in [0.1, 0.15) is 11.2 Å². The molecule has 0 aliphatic carbocycles. The molecule has 0 radical (unpaired) electrons. The van der Waals surface area contributed by atoms with Crippen LogP contribution < -0.4 is 0 Å². The van der Waals surface area contributed by atoms with Crippen molar-refractivity contribution in [1.82, 2.24) is 4.57 Å². The van der Waals surface area contributed by atoms with Gasteiger partial charge in [0.25, 0.3) is 0 Å². The van der Waals surface area contributed by atoms with Gasteiger partial charge >= 0.3 is 0 Å². The summed E-state index contributed by atoms with van der Waals surface area (Å²) in [6.07, 6.45) is 0. The molecule has 0 saturated carbocycles. The van der Waals surface area contributed by atoms with Crippen molar-refractivity contribution in [3.8, 4) is 39.1 Å². The van der Waals surface area contributed by atoms with Gasteiger partial charge in [-0.3, -0.25) is 0 Å². The van der Waals surface area contributed by atoms with E-state index in [9.17, 15) is 0 Å². The predicted octanol–water partition coefficient (Wildman–Crippen LogP) is 16.3. The summed E-state index contributed by atoms with van der Waals surface area (Å²) < 4.78 is 9.60. The molecule has 2 heterocycles. The molecule has 2 aromatic heterocycles. The van der Waals surface area contributed by atoms with Crippen molar-refractivity contribution in [3.63, 3.8) is 0 Å². The standard InChI is InChI=1S/C58H35NO/c1-2-17-36(18-3-1)54-41-21-4-6-23-43(41)55(44-24-7-5-22-42(44)54)37-33-34-40-49-29-16-30-50(58(49)60-53(40)35-37)56-45-25-8-10-27-47(45)57(48-28-11-9-26-46(48)56)59-51-31-14-12-19-38(51)39-20-13-15-32-52(39)59/h1-35H. The van der Waals surface area contributed by atoms with Crippen molar-refractivity contribution in [2.45, 2.75) is 0 Å². The van der Waals surface area contributed by atoms with Crippen LogP contribution in [0.25, 0.3) is 126 Å². The van der Waals surface area contributed by atoms with Crippen LogP contribution in [-0.4, -0.2) is 4.57 Å². The third-order valence-corrected chi connectivity index (χ3v) is 12.8. The maximum absolute atomic E-state index is 7.13. The number of aromatic nitrogens is 1. The summed E-state index contributed by atoms with van der Waals surface area (Å²) in [6.45, 7) is 0. The smallest absolute Gasteiger partial charge is 0.143 e. The van der Waals surface area contributed by atoms with E-state index in [4.69, 9.17) is 4.42 Å². The van der Waals surface area contributed by atoms with Gasteiger partial charge in [-0.15, -0.1) is 0 Å². The highest BCUT2D eigenvalue weighted by Gasteiger charge is 2.23. The number of rotatable bonds is 4. The topological polar surface area (TPSA) is 18.1 Å². The normalized spacial score (nSPS) is 12.0. The fraction of sp³-hybridized carbons (Fsp3) is 0. The lowest BCUT2D eigenvalue weighted by atomic mass is 9.86. The Morgan fingerprint density at radius 2 is 0.717 bits per heavy atom. The van der Waals surface area contributed by atoms with Gasteiger partial charge in [0.2, 0.25) is 0 Å². The van der Waals surface area contributed by atoms with Crippen LogP contribution in [0.15, 0.2) is 217 Å². The molecule has 0 spiro atoms. The van der Waals surface area contributed by atoms with E-state index < -0.39 is 0 Å². The molecule has 0 aliphatic heterocycles. The summed E-state index contributed by atoms with van der Waals surface area (Å²) in [5.41, 5.74) is 12.5. The van der Waals surface area contributed by atoms with E-state index in [2.05, 4.69) is 217 Å². The van der Waals surface area contributed by atoms with Gasteiger partial charge in [-0.2, -0.15) is 0 Å². The van der Waals surface area contributed by atoms with Crippen molar-refractivity contribution >= 4 is 86.8 Å². The molecule has 0 N–H and O–H groups in total. The first kappa shape index (κ1) is 33.1. The van der Waals surface area contributed by atoms with Crippen molar-refractivity contribution in [2.75, 3.05) is 0 Å². The highest BCUT2D eigenvalue weighted by atomic mass is 16.3. The first-order valence-corrected chi connectivity index (χ1v) is 20.7. The van der Waals surface area contributed by atoms with E-state index >= 15 is 0 Å². The quantitative estimate of drug-likeness (QED) is 0.163. The highest BCUT2D eigenvalue weighted by Crippen LogP contribution is 2.48. The highest BCUT2D eigenvalue weighted by molar-refractivity contribution is 6.25. The Balaban J connectivity index is 1.07. The van der Waals surface area contributed by atoms with Crippen LogP contribution in [0, 0.1) is 0 Å². The van der Waals surface area contributed by atoms with E-state index in [-0.39, 0.29) is 0 Å². The average Bonchev–Trinajstić information content (AvgIpc) is 3.86. The molecular weight excluding hydrogens is 727 g/mol. The zero-order valence-electron chi connectivity index (χ0n) is 32.6. The number of hydrogen-bond acceptors (Lipinski definition) is 1. The first-order valence-electron chi connectivity index (χ1n) is 20.7. The molecule has 0 bridgehead atoms. The monoisotopic (exact) mass is 761 g/mol. The SMILES string of the molecule is c1ccc(-c2c3ccccc3c(-c3ccc4c(c3)oc3c(-c5c6ccccc6c(-n6c7ccccc7c7ccccc76)c6ccccc56)cccc34)c3ccccc23)cc1. The van der Waals surface area contributed by atoms with Gasteiger partial charge in [-0.25, -0.2) is 0 Å². The van der Waals surface area contributed by atoms with Gasteiger partial charge in [-0.05, 0) is 78.8 Å². The third kappa shape index (κ3) is 4.64. The summed E-state index contributed by atoms with van der Waals surface area (Å²) in [7, 11) is 0. The number of benzene rings is 11. The minimum atomic E-state index is 0.880. The Labute approximate surface area is 345 Å². The molecule has 0 fully saturated rings. The number of hydrogen-bond donors (Lipinski definition) is 0. The number of para-hydroxylation sites is 3. The maximum Gasteiger partial charge on any atom is 0.143 e. The van der Waals surface area contributed by atoms with Gasteiger partial charge in [0.15, 0.2) is 0 Å². The second kappa shape index (κ2) is 12.8. The lowest BCUT2D eigenvalue weighted by Crippen LogP contribution is -1.99. The van der Waals surface area contributed by atoms with Crippen LogP contribution in [0.3, 0.4) is 0 Å². The lowest BCUT2D eigenvalue weighted by molar-refractivity contribution is 0.670. The minimum Gasteiger partial charge on any atom is -0.455 e. The number of nitrogens with zero attached hydrogens (tertiary/aromatic N) is 1. The molecule has 0 atom stereocenters. The van der Waals surface area contributed by atoms with Crippen molar-refractivity contribution in [3.05, 3.63) is 212 Å². The molecule has 0 unspecified atom stereocenters. The Bertz CT molecular complexity index is 3720. The van der Waals surface area contributed by atoms with Gasteiger partial charge in [-0.1, -0.05) is 188 Å². The molecule has 2 nitrogen and oxygen atoms in total. The van der Waals surface area contributed by atoms with E-state index in [1.807, 2.05) is 0 Å². The van der Waals surface area contributed by atoms with Crippen LogP contribution in [-0.2, 0) is 0 Å². The van der Waals surface area contributed by atoms with E-state index in [0.29, 0.717) is 0 Å². The molecule has 11 aromatic carbocycles. The van der Waals surface area contributed by atoms with Gasteiger partial charge < -0.3 is 8.98 Å². The van der Waals surface area contributed by atoms with Crippen LogP contribution in [0.5, 0.6) is 0 Å². The maximum atomic E-state index is 7.13. The fourth-order valence-electron chi connectivity index (χ4n) is 10.3. The number of fused-ring (bicyclic) bond motifs is 10. The molecule has 2 heteroatoms. The molecule has 13 rings (SSSR count). The van der Waals surface area contributed by atoms with Gasteiger partial charge in [0.05, 0.1) is 16.7 Å². The molecule has 60 heavy (non-hydrogen) atoms. The zero-order chi connectivity index (χ0) is 39.3. The zero-order valence-corrected chi connectivity index (χ0v) is 32.6. The summed E-state index contributed by atoms with van der Waals surface area (Å²) in [6, 6.07) is 77.3. The van der Waals surface area contributed by atoms with E-state index in [0.717, 1.165) is 33.1 Å². The second-order valence-corrected chi connectivity index (χ2v) is 15.9. The molecule has 13 aromatic rings. The Hall–Kier alpha value is -7.94. The Kier molecular flexibility index (Phi) is 7.05. The van der Waals surface area contributed by atoms with Crippen LogP contribution in [0.2, 0.25) is 0 Å². The molecule has 0 aliphatic rings. The summed E-state index contributed by atoms with van der Waals surface area (Å²) in [5, 5.41) is 14.5. The molecule has 278 valence electrons. The summed E-state index contributed by atoms with van der Waals surface area (Å²) in [5.74, 6) is 0. The van der Waals surface area contributed by atoms with E-state index in [1.54, 1.807) is 0 Å². The number of furan rings is 1. The summed E-state index contributed by atoms with van der Waals surface area (Å²) >= 11 is 0. The van der Waals surface area contributed by atoms with Crippen molar-refractivity contribution in [1.29, 1.82) is 0 Å².